The minimum Gasteiger partial charge on any atom is -0.627 e. The molecule has 1 aliphatic heterocycles. The van der Waals surface area contributed by atoms with Gasteiger partial charge >= 0.3 is 0 Å². The lowest BCUT2D eigenvalue weighted by molar-refractivity contribution is 0.330. The number of aryl methyl sites for hydroxylation is 2. The average molecular weight is 311 g/mol. The van der Waals surface area contributed by atoms with Gasteiger partial charge < -0.3 is 14.4 Å². The summed E-state index contributed by atoms with van der Waals surface area (Å²) in [6.07, 6.45) is 2.61. The zero-order chi connectivity index (χ0) is 16.4. The van der Waals surface area contributed by atoms with E-state index in [1.165, 1.54) is 0 Å². The summed E-state index contributed by atoms with van der Waals surface area (Å²) in [4.78, 5) is 4.76. The first kappa shape index (κ1) is 14.4. The third-order valence-corrected chi connectivity index (χ3v) is 5.25. The summed E-state index contributed by atoms with van der Waals surface area (Å²) in [5.74, 6) is 0.821. The zero-order valence-corrected chi connectivity index (χ0v) is 13.9. The number of aromatic amines is 1. The number of fused-ring (bicyclic) bond motifs is 2. The third kappa shape index (κ3) is 1.76. The Morgan fingerprint density at radius 2 is 2.26 bits per heavy atom. The molecule has 0 aliphatic carbocycles. The van der Waals surface area contributed by atoms with Crippen LogP contribution in [0.2, 0.25) is 0 Å². The summed E-state index contributed by atoms with van der Waals surface area (Å²) >= 11 is 0. The maximum Gasteiger partial charge on any atom is 0.161 e. The number of benzene rings is 1. The van der Waals surface area contributed by atoms with Gasteiger partial charge in [-0.2, -0.15) is 5.10 Å². The number of H-pyrrole nitrogens is 1. The van der Waals surface area contributed by atoms with Gasteiger partial charge in [0, 0.05) is 30.8 Å². The fourth-order valence-corrected chi connectivity index (χ4v) is 4.10. The van der Waals surface area contributed by atoms with Crippen molar-refractivity contribution in [1.29, 1.82) is 0 Å². The molecule has 23 heavy (non-hydrogen) atoms. The van der Waals surface area contributed by atoms with Crippen molar-refractivity contribution in [3.05, 3.63) is 34.7 Å². The van der Waals surface area contributed by atoms with Gasteiger partial charge in [0.15, 0.2) is 5.82 Å². The number of quaternary nitrogens is 1. The van der Waals surface area contributed by atoms with E-state index in [-0.39, 0.29) is 10.7 Å². The Hall–Kier alpha value is -2.18. The fraction of sp³-hybridized carbons (Fsp3) is 0.412. The SMILES string of the molecule is CC[N+]1([O-])c2c(cc3nc(-c4cc[nH]n4)n(C)c3c2C)CC1C. The zero-order valence-electron chi connectivity index (χ0n) is 13.9. The summed E-state index contributed by atoms with van der Waals surface area (Å²) in [6, 6.07) is 4.07. The van der Waals surface area contributed by atoms with Crippen LogP contribution >= 0.6 is 0 Å². The molecule has 120 valence electrons. The van der Waals surface area contributed by atoms with Gasteiger partial charge in [-0.1, -0.05) is 0 Å². The van der Waals surface area contributed by atoms with Gasteiger partial charge in [-0.05, 0) is 32.9 Å². The molecule has 6 heteroatoms. The molecular formula is C17H21N5O. The number of hydrogen-bond acceptors (Lipinski definition) is 3. The van der Waals surface area contributed by atoms with Gasteiger partial charge in [-0.15, -0.1) is 0 Å². The second kappa shape index (κ2) is 4.66. The third-order valence-electron chi connectivity index (χ3n) is 5.25. The molecule has 1 aromatic carbocycles. The number of hydrogen-bond donors (Lipinski definition) is 1. The van der Waals surface area contributed by atoms with E-state index in [9.17, 15) is 5.21 Å². The maximum atomic E-state index is 13.3. The highest BCUT2D eigenvalue weighted by Gasteiger charge is 2.39. The van der Waals surface area contributed by atoms with Crippen molar-refractivity contribution in [2.24, 2.45) is 7.05 Å². The lowest BCUT2D eigenvalue weighted by atomic mass is 10.1. The van der Waals surface area contributed by atoms with E-state index in [0.717, 1.165) is 45.8 Å². The number of rotatable bonds is 2. The first-order chi connectivity index (χ1) is 11.0. The molecule has 6 nitrogen and oxygen atoms in total. The van der Waals surface area contributed by atoms with E-state index < -0.39 is 0 Å². The summed E-state index contributed by atoms with van der Waals surface area (Å²) < 4.78 is 1.81. The second-order valence-electron chi connectivity index (χ2n) is 6.50. The quantitative estimate of drug-likeness (QED) is 0.584. The Balaban J connectivity index is 2.03. The van der Waals surface area contributed by atoms with Crippen LogP contribution in [0.4, 0.5) is 5.69 Å². The van der Waals surface area contributed by atoms with Crippen LogP contribution in [0.15, 0.2) is 18.3 Å². The number of hydroxylamine groups is 2. The van der Waals surface area contributed by atoms with Crippen LogP contribution in [0.25, 0.3) is 22.6 Å². The predicted octanol–water partition coefficient (Wildman–Crippen LogP) is 3.04. The molecule has 0 saturated heterocycles. The molecule has 1 aliphatic rings. The van der Waals surface area contributed by atoms with Gasteiger partial charge in [0.05, 0.1) is 23.6 Å². The summed E-state index contributed by atoms with van der Waals surface area (Å²) in [5.41, 5.74) is 5.92. The standard InChI is InChI=1S/C17H21N5O/c1-5-22(23)10(2)8-12-9-14-15(11(3)16(12)22)21(4)17(19-14)13-6-7-18-20-13/h6-7,9-10H,5,8H2,1-4H3,(H,18,20). The fourth-order valence-electron chi connectivity index (χ4n) is 4.10. The van der Waals surface area contributed by atoms with E-state index in [1.807, 2.05) is 31.5 Å². The highest BCUT2D eigenvalue weighted by Crippen LogP contribution is 2.44. The van der Waals surface area contributed by atoms with Gasteiger partial charge in [0.25, 0.3) is 0 Å². The van der Waals surface area contributed by atoms with Crippen molar-refractivity contribution in [2.75, 3.05) is 6.54 Å². The van der Waals surface area contributed by atoms with Crippen LogP contribution in [0, 0.1) is 12.1 Å². The maximum absolute atomic E-state index is 13.3. The molecule has 1 N–H and O–H groups in total. The van der Waals surface area contributed by atoms with Crippen LogP contribution < -0.4 is 4.65 Å². The molecule has 0 saturated carbocycles. The van der Waals surface area contributed by atoms with Gasteiger partial charge in [0.2, 0.25) is 0 Å². The van der Waals surface area contributed by atoms with Crippen LogP contribution in [0.3, 0.4) is 0 Å². The molecule has 0 bridgehead atoms. The number of nitrogens with one attached hydrogen (secondary N) is 1. The molecule has 4 rings (SSSR count). The Labute approximate surface area is 134 Å². The molecule has 0 radical (unpaired) electrons. The van der Waals surface area contributed by atoms with Crippen molar-refractivity contribution in [3.63, 3.8) is 0 Å². The van der Waals surface area contributed by atoms with Gasteiger partial charge in [0.1, 0.15) is 11.4 Å². The molecule has 0 spiro atoms. The second-order valence-corrected chi connectivity index (χ2v) is 6.50. The largest absolute Gasteiger partial charge is 0.627 e. The van der Waals surface area contributed by atoms with E-state index >= 15 is 0 Å². The Morgan fingerprint density at radius 3 is 2.91 bits per heavy atom. The highest BCUT2D eigenvalue weighted by molar-refractivity contribution is 5.89. The van der Waals surface area contributed by atoms with Crippen molar-refractivity contribution in [2.45, 2.75) is 33.2 Å². The number of aromatic nitrogens is 4. The Kier molecular flexibility index (Phi) is 2.92. The van der Waals surface area contributed by atoms with Crippen LogP contribution in [-0.4, -0.2) is 32.3 Å². The van der Waals surface area contributed by atoms with E-state index in [1.54, 1.807) is 6.20 Å². The van der Waals surface area contributed by atoms with Gasteiger partial charge in [-0.25, -0.2) is 4.98 Å². The number of nitrogens with zero attached hydrogens (tertiary/aromatic N) is 4. The first-order valence-electron chi connectivity index (χ1n) is 8.05. The molecular weight excluding hydrogens is 290 g/mol. The summed E-state index contributed by atoms with van der Waals surface area (Å²) in [6.45, 7) is 6.63. The Bertz CT molecular complexity index is 896. The van der Waals surface area contributed by atoms with Crippen LogP contribution in [0.5, 0.6) is 0 Å². The first-order valence-corrected chi connectivity index (χ1v) is 8.05. The number of likely N-dealkylation sites (N-methyl/N-ethyl adjacent to an activating group) is 1. The molecule has 3 heterocycles. The van der Waals surface area contributed by atoms with Crippen molar-refractivity contribution in [3.8, 4) is 11.5 Å². The molecule has 3 aromatic rings. The van der Waals surface area contributed by atoms with E-state index in [2.05, 4.69) is 23.2 Å². The minimum atomic E-state index is -0.236. The van der Waals surface area contributed by atoms with Crippen LogP contribution in [0.1, 0.15) is 25.0 Å². The van der Waals surface area contributed by atoms with E-state index in [0.29, 0.717) is 6.54 Å². The average Bonchev–Trinajstić information content (AvgIpc) is 3.19. The molecule has 0 amide bonds. The predicted molar refractivity (Wildman–Crippen MR) is 91.9 cm³/mol. The molecule has 2 atom stereocenters. The van der Waals surface area contributed by atoms with Gasteiger partial charge in [-0.3, -0.25) is 5.10 Å². The van der Waals surface area contributed by atoms with E-state index in [4.69, 9.17) is 4.98 Å². The topological polar surface area (TPSA) is 69.6 Å². The monoisotopic (exact) mass is 311 g/mol. The minimum absolute atomic E-state index is 0.0660. The lowest BCUT2D eigenvalue weighted by Gasteiger charge is -2.43. The lowest BCUT2D eigenvalue weighted by Crippen LogP contribution is -2.47. The molecule has 0 fully saturated rings. The van der Waals surface area contributed by atoms with Crippen LogP contribution in [-0.2, 0) is 13.5 Å². The summed E-state index contributed by atoms with van der Waals surface area (Å²) in [7, 11) is 1.99. The Morgan fingerprint density at radius 1 is 1.48 bits per heavy atom. The smallest absolute Gasteiger partial charge is 0.161 e. The molecule has 2 unspecified atom stereocenters. The van der Waals surface area contributed by atoms with Crippen molar-refractivity contribution >= 4 is 16.7 Å². The van der Waals surface area contributed by atoms with Crippen molar-refractivity contribution < 1.29 is 0 Å². The normalized spacial score (nSPS) is 23.6. The summed E-state index contributed by atoms with van der Waals surface area (Å²) in [5, 5.41) is 20.4. The number of imidazole rings is 1. The molecule has 2 aromatic heterocycles. The highest BCUT2D eigenvalue weighted by atomic mass is 16.5. The van der Waals surface area contributed by atoms with Crippen molar-refractivity contribution in [1.82, 2.24) is 24.4 Å².